The molecule has 9 heteroatoms. The van der Waals surface area contributed by atoms with Crippen LogP contribution in [-0.2, 0) is 0 Å². The van der Waals surface area contributed by atoms with Crippen molar-refractivity contribution in [1.29, 1.82) is 0 Å². The zero-order chi connectivity index (χ0) is 13.9. The van der Waals surface area contributed by atoms with Gasteiger partial charge in [0.25, 0.3) is 0 Å². The maximum Gasteiger partial charge on any atom is 0.417 e. The molecule has 100 valence electrons. The Hall–Kier alpha value is -1.54. The smallest absolute Gasteiger partial charge is 0.417 e. The number of alkyl halides is 3. The second-order valence-electron chi connectivity index (χ2n) is 3.24. The Kier molecular flexibility index (Phi) is 4.36. The molecule has 0 bridgehead atoms. The second kappa shape index (κ2) is 5.40. The number of benzene rings is 1. The highest BCUT2D eigenvalue weighted by Gasteiger charge is 2.39. The van der Waals surface area contributed by atoms with Crippen molar-refractivity contribution < 1.29 is 27.9 Å². The Labute approximate surface area is 104 Å². The molecule has 1 N–H and O–H groups in total. The van der Waals surface area contributed by atoms with Gasteiger partial charge in [0.15, 0.2) is 11.9 Å². The van der Waals surface area contributed by atoms with Gasteiger partial charge in [-0.15, -0.1) is 0 Å². The first-order valence-electron chi connectivity index (χ1n) is 4.53. The Morgan fingerprint density at radius 1 is 1.50 bits per heavy atom. The van der Waals surface area contributed by atoms with Crippen molar-refractivity contribution in [3.63, 3.8) is 0 Å². The number of hydrogen-bond donors (Lipinski definition) is 1. The zero-order valence-electron chi connectivity index (χ0n) is 8.65. The van der Waals surface area contributed by atoms with Crippen LogP contribution >= 0.6 is 11.6 Å². The maximum absolute atomic E-state index is 12.0. The number of halogens is 4. The standard InChI is InChI=1S/C9H7ClF3NO4/c10-5-1-2-7(6(3-5)14(16)17)18-4-8(15)9(11,12)13/h1-3,8,15H,4H2/t8-/m0/s1. The molecule has 0 saturated carbocycles. The minimum absolute atomic E-state index is 0.0467. The van der Waals surface area contributed by atoms with Crippen LogP contribution in [0.5, 0.6) is 5.75 Å². The molecule has 0 heterocycles. The fourth-order valence-corrected chi connectivity index (χ4v) is 1.18. The fraction of sp³-hybridized carbons (Fsp3) is 0.333. The van der Waals surface area contributed by atoms with Gasteiger partial charge in [0.1, 0.15) is 6.61 Å². The van der Waals surface area contributed by atoms with Crippen LogP contribution < -0.4 is 4.74 Å². The monoisotopic (exact) mass is 285 g/mol. The SMILES string of the molecule is O=[N+]([O-])c1cc(Cl)ccc1OC[C@H](O)C(F)(F)F. The van der Waals surface area contributed by atoms with Gasteiger partial charge >= 0.3 is 11.9 Å². The van der Waals surface area contributed by atoms with Gasteiger partial charge in [-0.3, -0.25) is 10.1 Å². The van der Waals surface area contributed by atoms with E-state index in [1.165, 1.54) is 6.07 Å². The van der Waals surface area contributed by atoms with Gasteiger partial charge < -0.3 is 9.84 Å². The van der Waals surface area contributed by atoms with Gasteiger partial charge in [0.05, 0.1) is 4.92 Å². The van der Waals surface area contributed by atoms with Gasteiger partial charge in [-0.2, -0.15) is 13.2 Å². The Balaban J connectivity index is 2.82. The molecule has 0 radical (unpaired) electrons. The molecule has 18 heavy (non-hydrogen) atoms. The number of hydrogen-bond acceptors (Lipinski definition) is 4. The summed E-state index contributed by atoms with van der Waals surface area (Å²) < 4.78 is 40.5. The summed E-state index contributed by atoms with van der Waals surface area (Å²) in [5.41, 5.74) is -0.572. The van der Waals surface area contributed by atoms with E-state index in [0.29, 0.717) is 0 Å². The first-order valence-corrected chi connectivity index (χ1v) is 4.91. The van der Waals surface area contributed by atoms with Gasteiger partial charge in [0.2, 0.25) is 0 Å². The minimum atomic E-state index is -4.85. The van der Waals surface area contributed by atoms with Gasteiger partial charge in [0, 0.05) is 11.1 Å². The molecule has 0 spiro atoms. The molecule has 0 aliphatic heterocycles. The summed E-state index contributed by atoms with van der Waals surface area (Å²) in [7, 11) is 0. The predicted octanol–water partition coefficient (Wildman–Crippen LogP) is 2.55. The number of rotatable bonds is 4. The summed E-state index contributed by atoms with van der Waals surface area (Å²) in [6.45, 7) is -1.13. The maximum atomic E-state index is 12.0. The summed E-state index contributed by atoms with van der Waals surface area (Å²) in [5.74, 6) is -0.396. The average Bonchev–Trinajstić information content (AvgIpc) is 2.25. The van der Waals surface area contributed by atoms with Crippen molar-refractivity contribution in [3.8, 4) is 5.75 Å². The molecule has 0 fully saturated rings. The number of nitrogens with zero attached hydrogens (tertiary/aromatic N) is 1. The fourth-order valence-electron chi connectivity index (χ4n) is 1.02. The van der Waals surface area contributed by atoms with Crippen molar-refractivity contribution in [2.75, 3.05) is 6.61 Å². The van der Waals surface area contributed by atoms with E-state index in [4.69, 9.17) is 16.7 Å². The highest BCUT2D eigenvalue weighted by atomic mass is 35.5. The molecule has 0 aromatic heterocycles. The third-order valence-electron chi connectivity index (χ3n) is 1.89. The van der Waals surface area contributed by atoms with Crippen LogP contribution in [0, 0.1) is 10.1 Å². The van der Waals surface area contributed by atoms with Crippen LogP contribution in [0.4, 0.5) is 18.9 Å². The van der Waals surface area contributed by atoms with Crippen molar-refractivity contribution in [2.45, 2.75) is 12.3 Å². The van der Waals surface area contributed by atoms with E-state index in [0.717, 1.165) is 12.1 Å². The van der Waals surface area contributed by atoms with Crippen LogP contribution in [-0.4, -0.2) is 28.9 Å². The van der Waals surface area contributed by atoms with Crippen molar-refractivity contribution >= 4 is 17.3 Å². The number of aliphatic hydroxyl groups excluding tert-OH is 1. The molecule has 0 aliphatic rings. The Morgan fingerprint density at radius 2 is 2.11 bits per heavy atom. The van der Waals surface area contributed by atoms with Crippen LogP contribution in [0.3, 0.4) is 0 Å². The van der Waals surface area contributed by atoms with E-state index in [1.807, 2.05) is 0 Å². The van der Waals surface area contributed by atoms with E-state index in [-0.39, 0.29) is 5.02 Å². The quantitative estimate of drug-likeness (QED) is 0.681. The summed E-state index contributed by atoms with van der Waals surface area (Å²) >= 11 is 5.51. The molecular formula is C9H7ClF3NO4. The molecule has 1 rings (SSSR count). The molecule has 0 unspecified atom stereocenters. The Bertz CT molecular complexity index is 452. The molecule has 1 atom stereocenters. The summed E-state index contributed by atoms with van der Waals surface area (Å²) in [4.78, 5) is 9.75. The average molecular weight is 286 g/mol. The molecule has 5 nitrogen and oxygen atoms in total. The number of nitro benzene ring substituents is 1. The Morgan fingerprint density at radius 3 is 2.61 bits per heavy atom. The number of aliphatic hydroxyl groups is 1. The second-order valence-corrected chi connectivity index (χ2v) is 3.67. The summed E-state index contributed by atoms with van der Waals surface area (Å²) in [6, 6.07) is 3.23. The van der Waals surface area contributed by atoms with Crippen LogP contribution in [0.2, 0.25) is 5.02 Å². The highest BCUT2D eigenvalue weighted by molar-refractivity contribution is 6.30. The molecule has 1 aromatic rings. The normalized spacial score (nSPS) is 13.2. The van der Waals surface area contributed by atoms with E-state index in [9.17, 15) is 23.3 Å². The molecular weight excluding hydrogens is 279 g/mol. The number of nitro groups is 1. The number of ether oxygens (including phenoxy) is 1. The minimum Gasteiger partial charge on any atom is -0.484 e. The van der Waals surface area contributed by atoms with E-state index < -0.39 is 35.2 Å². The topological polar surface area (TPSA) is 72.6 Å². The predicted molar refractivity (Wildman–Crippen MR) is 55.7 cm³/mol. The molecule has 0 amide bonds. The van der Waals surface area contributed by atoms with E-state index in [2.05, 4.69) is 4.74 Å². The van der Waals surface area contributed by atoms with Crippen LogP contribution in [0.1, 0.15) is 0 Å². The van der Waals surface area contributed by atoms with Crippen molar-refractivity contribution in [2.24, 2.45) is 0 Å². The van der Waals surface area contributed by atoms with Gasteiger partial charge in [-0.05, 0) is 12.1 Å². The van der Waals surface area contributed by atoms with Gasteiger partial charge in [-0.1, -0.05) is 11.6 Å². The molecule has 0 aliphatic carbocycles. The van der Waals surface area contributed by atoms with Crippen LogP contribution in [0.15, 0.2) is 18.2 Å². The first kappa shape index (κ1) is 14.5. The lowest BCUT2D eigenvalue weighted by molar-refractivity contribution is -0.386. The molecule has 1 aromatic carbocycles. The van der Waals surface area contributed by atoms with Crippen molar-refractivity contribution in [3.05, 3.63) is 33.3 Å². The van der Waals surface area contributed by atoms with Crippen molar-refractivity contribution in [1.82, 2.24) is 0 Å². The third kappa shape index (κ3) is 3.74. The first-order chi connectivity index (χ1) is 8.21. The third-order valence-corrected chi connectivity index (χ3v) is 2.13. The summed E-state index contributed by atoms with van der Waals surface area (Å²) in [6.07, 6.45) is -7.56. The lowest BCUT2D eigenvalue weighted by Crippen LogP contribution is -2.34. The largest absolute Gasteiger partial charge is 0.484 e. The summed E-state index contributed by atoms with van der Waals surface area (Å²) in [5, 5.41) is 19.3. The van der Waals surface area contributed by atoms with E-state index >= 15 is 0 Å². The van der Waals surface area contributed by atoms with Gasteiger partial charge in [-0.25, -0.2) is 0 Å². The lowest BCUT2D eigenvalue weighted by Gasteiger charge is -2.15. The highest BCUT2D eigenvalue weighted by Crippen LogP contribution is 2.30. The lowest BCUT2D eigenvalue weighted by atomic mass is 10.3. The zero-order valence-corrected chi connectivity index (χ0v) is 9.40. The molecule has 0 saturated heterocycles. The van der Waals surface area contributed by atoms with E-state index in [1.54, 1.807) is 0 Å². The van der Waals surface area contributed by atoms with Crippen LogP contribution in [0.25, 0.3) is 0 Å².